The average molecular weight is 519 g/mol. The number of hydroxylamine groups is 2. The summed E-state index contributed by atoms with van der Waals surface area (Å²) < 4.78 is 5.84. The molecule has 0 unspecified atom stereocenters. The second-order valence-corrected chi connectivity index (χ2v) is 11.4. The summed E-state index contributed by atoms with van der Waals surface area (Å²) in [5.41, 5.74) is 1.00. The van der Waals surface area contributed by atoms with Crippen LogP contribution in [0.1, 0.15) is 69.0 Å². The van der Waals surface area contributed by atoms with Crippen molar-refractivity contribution >= 4 is 29.1 Å². The number of benzene rings is 2. The van der Waals surface area contributed by atoms with Crippen molar-refractivity contribution in [1.29, 1.82) is 0 Å². The zero-order chi connectivity index (χ0) is 27.1. The summed E-state index contributed by atoms with van der Waals surface area (Å²) in [5, 5.41) is 5.08. The Hall–Kier alpha value is -3.45. The van der Waals surface area contributed by atoms with Crippen LogP contribution in [-0.2, 0) is 21.0 Å². The summed E-state index contributed by atoms with van der Waals surface area (Å²) in [6.45, 7) is 6.11. The number of ketones is 1. The van der Waals surface area contributed by atoms with Crippen LogP contribution >= 0.6 is 0 Å². The number of para-hydroxylation sites is 1. The molecule has 7 nitrogen and oxygen atoms in total. The van der Waals surface area contributed by atoms with Gasteiger partial charge in [-0.3, -0.25) is 19.2 Å². The minimum Gasteiger partial charge on any atom is -0.453 e. The van der Waals surface area contributed by atoms with Crippen LogP contribution in [0.2, 0.25) is 0 Å². The van der Waals surface area contributed by atoms with Crippen LogP contribution in [0.25, 0.3) is 11.0 Å². The minimum absolute atomic E-state index is 0.119. The number of hydrogen-bond donors (Lipinski definition) is 1. The van der Waals surface area contributed by atoms with E-state index >= 15 is 0 Å². The lowest BCUT2D eigenvalue weighted by Crippen LogP contribution is -2.52. The number of fused-ring (bicyclic) bond motifs is 1. The van der Waals surface area contributed by atoms with Gasteiger partial charge >= 0.3 is 0 Å². The molecule has 0 aliphatic heterocycles. The molecule has 1 N–H and O–H groups in total. The number of carbonyl (C=O) groups excluding carboxylic acids is 3. The van der Waals surface area contributed by atoms with Gasteiger partial charge in [0.1, 0.15) is 18.2 Å². The smallest absolute Gasteiger partial charge is 0.233 e. The van der Waals surface area contributed by atoms with E-state index in [1.807, 2.05) is 75.4 Å². The van der Waals surface area contributed by atoms with Crippen molar-refractivity contribution in [2.24, 2.45) is 17.3 Å². The molecule has 7 heteroatoms. The predicted molar refractivity (Wildman–Crippen MR) is 146 cm³/mol. The number of nitrogens with zero attached hydrogens (tertiary/aromatic N) is 1. The van der Waals surface area contributed by atoms with E-state index in [-0.39, 0.29) is 30.6 Å². The van der Waals surface area contributed by atoms with Gasteiger partial charge in [0.05, 0.1) is 12.5 Å². The van der Waals surface area contributed by atoms with Crippen LogP contribution in [0.4, 0.5) is 0 Å². The molecular formula is C31H38N2O5. The fraction of sp³-hybridized carbons (Fsp3) is 0.452. The first kappa shape index (κ1) is 27.6. The van der Waals surface area contributed by atoms with Crippen LogP contribution in [-0.4, -0.2) is 35.8 Å². The third kappa shape index (κ3) is 7.10. The average Bonchev–Trinajstić information content (AvgIpc) is 3.58. The molecule has 2 aromatic carbocycles. The van der Waals surface area contributed by atoms with Crippen LogP contribution in [0, 0.1) is 17.3 Å². The van der Waals surface area contributed by atoms with Crippen molar-refractivity contribution in [1.82, 2.24) is 10.4 Å². The summed E-state index contributed by atoms with van der Waals surface area (Å²) in [6, 6.07) is 18.0. The highest BCUT2D eigenvalue weighted by molar-refractivity contribution is 6.03. The van der Waals surface area contributed by atoms with Crippen LogP contribution in [0.15, 0.2) is 65.1 Å². The Balaban J connectivity index is 1.50. The molecule has 2 atom stereocenters. The minimum atomic E-state index is -0.795. The molecule has 0 saturated heterocycles. The monoisotopic (exact) mass is 518 g/mol. The highest BCUT2D eigenvalue weighted by atomic mass is 16.7. The molecule has 1 aliphatic carbocycles. The standard InChI is InChI=1S/C31H38N2O5/c1-31(2,3)29(28(35)27-18-24-15-9-10-16-26(24)38-27)32-30(36)25(17-22-11-7-8-12-22)19-33(21-34)37-20-23-13-5-4-6-14-23/h4-6,9-10,13-16,18,21-22,25,29H,7-8,11-12,17,19-20H2,1-3H3,(H,32,36)/t25-,29-/m1/s1. The molecule has 2 amide bonds. The maximum atomic E-state index is 13.7. The summed E-state index contributed by atoms with van der Waals surface area (Å²) in [4.78, 5) is 45.0. The predicted octanol–water partition coefficient (Wildman–Crippen LogP) is 5.93. The first-order valence-corrected chi connectivity index (χ1v) is 13.5. The number of Topliss-reactive ketones (excluding diaryl/α,β-unsaturated/α-hetero) is 1. The molecule has 4 rings (SSSR count). The van der Waals surface area contributed by atoms with Gasteiger partial charge in [0.2, 0.25) is 18.1 Å². The van der Waals surface area contributed by atoms with E-state index in [4.69, 9.17) is 9.25 Å². The largest absolute Gasteiger partial charge is 0.453 e. The van der Waals surface area contributed by atoms with Gasteiger partial charge in [-0.1, -0.05) is 95.0 Å². The first-order chi connectivity index (χ1) is 18.2. The highest BCUT2D eigenvalue weighted by Crippen LogP contribution is 2.32. The Morgan fingerprint density at radius 2 is 1.76 bits per heavy atom. The van der Waals surface area contributed by atoms with Gasteiger partial charge in [0.15, 0.2) is 5.76 Å². The van der Waals surface area contributed by atoms with E-state index in [1.54, 1.807) is 6.07 Å². The fourth-order valence-electron chi connectivity index (χ4n) is 5.17. The number of rotatable bonds is 12. The van der Waals surface area contributed by atoms with E-state index in [0.29, 0.717) is 24.3 Å². The summed E-state index contributed by atoms with van der Waals surface area (Å²) in [7, 11) is 0. The molecule has 1 aliphatic rings. The lowest BCUT2D eigenvalue weighted by atomic mass is 9.82. The van der Waals surface area contributed by atoms with Crippen molar-refractivity contribution in [3.8, 4) is 0 Å². The zero-order valence-electron chi connectivity index (χ0n) is 22.5. The molecule has 3 aromatic rings. The molecule has 1 aromatic heterocycles. The Kier molecular flexibility index (Phi) is 9.00. The Bertz CT molecular complexity index is 1190. The molecule has 1 fully saturated rings. The molecule has 1 saturated carbocycles. The van der Waals surface area contributed by atoms with Crippen LogP contribution in [0.3, 0.4) is 0 Å². The van der Waals surface area contributed by atoms with Gasteiger partial charge in [-0.15, -0.1) is 0 Å². The molecular weight excluding hydrogens is 480 g/mol. The second-order valence-electron chi connectivity index (χ2n) is 11.4. The van der Waals surface area contributed by atoms with E-state index in [2.05, 4.69) is 5.32 Å². The van der Waals surface area contributed by atoms with Crippen molar-refractivity contribution in [2.75, 3.05) is 6.54 Å². The van der Waals surface area contributed by atoms with E-state index in [0.717, 1.165) is 36.6 Å². The van der Waals surface area contributed by atoms with Gasteiger partial charge in [-0.2, -0.15) is 0 Å². The van der Waals surface area contributed by atoms with E-state index < -0.39 is 17.4 Å². The van der Waals surface area contributed by atoms with Gasteiger partial charge in [0, 0.05) is 5.39 Å². The van der Waals surface area contributed by atoms with Crippen molar-refractivity contribution in [3.05, 3.63) is 72.0 Å². The van der Waals surface area contributed by atoms with Gasteiger partial charge in [-0.05, 0) is 35.4 Å². The first-order valence-electron chi connectivity index (χ1n) is 13.5. The Morgan fingerprint density at radius 1 is 1.08 bits per heavy atom. The molecule has 38 heavy (non-hydrogen) atoms. The van der Waals surface area contributed by atoms with E-state index in [1.165, 1.54) is 5.06 Å². The summed E-state index contributed by atoms with van der Waals surface area (Å²) in [6.07, 6.45) is 5.69. The van der Waals surface area contributed by atoms with Crippen molar-refractivity contribution < 1.29 is 23.6 Å². The SMILES string of the molecule is CC(C)(C)[C@H](NC(=O)[C@H](CC1CCCC1)CN(C=O)OCc1ccccc1)C(=O)c1cc2ccccc2o1. The Labute approximate surface area is 224 Å². The number of nitrogens with one attached hydrogen (secondary N) is 1. The van der Waals surface area contributed by atoms with Gasteiger partial charge in [-0.25, -0.2) is 5.06 Å². The topological polar surface area (TPSA) is 88.9 Å². The fourth-order valence-corrected chi connectivity index (χ4v) is 5.17. The van der Waals surface area contributed by atoms with Crippen LogP contribution < -0.4 is 5.32 Å². The number of furan rings is 1. The van der Waals surface area contributed by atoms with Gasteiger partial charge < -0.3 is 9.73 Å². The maximum Gasteiger partial charge on any atom is 0.233 e. The third-order valence-electron chi connectivity index (χ3n) is 7.30. The van der Waals surface area contributed by atoms with Crippen molar-refractivity contribution in [2.45, 2.75) is 65.5 Å². The van der Waals surface area contributed by atoms with E-state index in [9.17, 15) is 14.4 Å². The quantitative estimate of drug-likeness (QED) is 0.182. The molecule has 0 radical (unpaired) electrons. The molecule has 0 spiro atoms. The number of hydrogen-bond acceptors (Lipinski definition) is 5. The van der Waals surface area contributed by atoms with Gasteiger partial charge in [0.25, 0.3) is 0 Å². The van der Waals surface area contributed by atoms with Crippen molar-refractivity contribution in [3.63, 3.8) is 0 Å². The molecule has 202 valence electrons. The highest BCUT2D eigenvalue weighted by Gasteiger charge is 2.37. The second kappa shape index (κ2) is 12.4. The maximum absolute atomic E-state index is 13.7. The lowest BCUT2D eigenvalue weighted by Gasteiger charge is -2.32. The number of amides is 2. The molecule has 1 heterocycles. The normalized spacial score (nSPS) is 15.8. The molecule has 0 bridgehead atoms. The summed E-state index contributed by atoms with van der Waals surface area (Å²) >= 11 is 0. The summed E-state index contributed by atoms with van der Waals surface area (Å²) in [5.74, 6) is -0.398. The third-order valence-corrected chi connectivity index (χ3v) is 7.30. The van der Waals surface area contributed by atoms with Crippen LogP contribution in [0.5, 0.6) is 0 Å². The lowest BCUT2D eigenvalue weighted by molar-refractivity contribution is -0.182. The number of carbonyl (C=O) groups is 3. The zero-order valence-corrected chi connectivity index (χ0v) is 22.5. The Morgan fingerprint density at radius 3 is 2.42 bits per heavy atom.